The van der Waals surface area contributed by atoms with E-state index >= 15 is 0 Å². The third kappa shape index (κ3) is 3.14. The third-order valence-corrected chi connectivity index (χ3v) is 4.74. The number of anilines is 3. The minimum Gasteiger partial charge on any atom is -0.373 e. The summed E-state index contributed by atoms with van der Waals surface area (Å²) in [5, 5.41) is 7.19. The van der Waals surface area contributed by atoms with Crippen molar-refractivity contribution in [3.63, 3.8) is 0 Å². The molecule has 1 aromatic heterocycles. The fraction of sp³-hybridized carbons (Fsp3) is 0.333. The van der Waals surface area contributed by atoms with E-state index in [1.165, 1.54) is 12.8 Å². The van der Waals surface area contributed by atoms with Crippen LogP contribution in [0.3, 0.4) is 0 Å². The molecule has 1 aliphatic carbocycles. The van der Waals surface area contributed by atoms with Gasteiger partial charge in [-0.05, 0) is 53.9 Å². The highest BCUT2D eigenvalue weighted by Gasteiger charge is 2.28. The Morgan fingerprint density at radius 2 is 1.95 bits per heavy atom. The van der Waals surface area contributed by atoms with E-state index in [2.05, 4.69) is 36.5 Å². The van der Waals surface area contributed by atoms with Crippen LogP contribution in [-0.2, 0) is 0 Å². The van der Waals surface area contributed by atoms with Crippen LogP contribution in [0.25, 0.3) is 0 Å². The Bertz CT molecular complexity index is 686. The lowest BCUT2D eigenvalue weighted by molar-refractivity contribution is 0.924. The lowest BCUT2D eigenvalue weighted by atomic mass is 10.2. The third-order valence-electron chi connectivity index (χ3n) is 3.52. The van der Waals surface area contributed by atoms with Gasteiger partial charge < -0.3 is 10.6 Å². The van der Waals surface area contributed by atoms with Crippen molar-refractivity contribution in [3.8, 4) is 0 Å². The summed E-state index contributed by atoms with van der Waals surface area (Å²) in [5.74, 6) is 3.14. The van der Waals surface area contributed by atoms with E-state index in [0.29, 0.717) is 10.9 Å². The summed E-state index contributed by atoms with van der Waals surface area (Å²) < 4.78 is 0.858. The van der Waals surface area contributed by atoms with Gasteiger partial charge in [-0.2, -0.15) is 0 Å². The van der Waals surface area contributed by atoms with Crippen LogP contribution < -0.4 is 10.6 Å². The average Bonchev–Trinajstić information content (AvgIpc) is 3.29. The van der Waals surface area contributed by atoms with Crippen LogP contribution in [0.15, 0.2) is 22.7 Å². The molecule has 4 nitrogen and oxygen atoms in total. The van der Waals surface area contributed by atoms with Crippen molar-refractivity contribution in [3.05, 3.63) is 39.1 Å². The lowest BCUT2D eigenvalue weighted by Crippen LogP contribution is -2.06. The molecule has 1 aromatic carbocycles. The second-order valence-corrected chi connectivity index (χ2v) is 6.44. The maximum Gasteiger partial charge on any atom is 0.139 e. The number of benzene rings is 1. The van der Waals surface area contributed by atoms with Crippen LogP contribution in [0.5, 0.6) is 0 Å². The standard InChI is InChI=1S/C15H16BrClN4/c1-8-13(18-2)20-15(9-3-4-9)21-14(8)19-10-5-6-12(17)11(16)7-10/h5-7,9H,3-4H2,1-2H3,(H2,18,19,20,21). The van der Waals surface area contributed by atoms with Crippen LogP contribution in [0.2, 0.25) is 5.02 Å². The van der Waals surface area contributed by atoms with Gasteiger partial charge in [0.1, 0.15) is 17.5 Å². The van der Waals surface area contributed by atoms with Crippen molar-refractivity contribution >= 4 is 44.9 Å². The van der Waals surface area contributed by atoms with Crippen LogP contribution in [-0.4, -0.2) is 17.0 Å². The molecule has 2 aromatic rings. The summed E-state index contributed by atoms with van der Waals surface area (Å²) in [4.78, 5) is 9.27. The Kier molecular flexibility index (Phi) is 4.04. The second-order valence-electron chi connectivity index (χ2n) is 5.18. The summed E-state index contributed by atoms with van der Waals surface area (Å²) >= 11 is 9.46. The van der Waals surface area contributed by atoms with Gasteiger partial charge in [-0.25, -0.2) is 9.97 Å². The monoisotopic (exact) mass is 366 g/mol. The van der Waals surface area contributed by atoms with Gasteiger partial charge >= 0.3 is 0 Å². The van der Waals surface area contributed by atoms with Gasteiger partial charge in [0.25, 0.3) is 0 Å². The number of nitrogens with zero attached hydrogens (tertiary/aromatic N) is 2. The van der Waals surface area contributed by atoms with Crippen LogP contribution >= 0.6 is 27.5 Å². The summed E-state index contributed by atoms with van der Waals surface area (Å²) in [7, 11) is 1.88. The van der Waals surface area contributed by atoms with E-state index in [1.54, 1.807) is 0 Å². The molecular formula is C15H16BrClN4. The topological polar surface area (TPSA) is 49.8 Å². The highest BCUT2D eigenvalue weighted by molar-refractivity contribution is 9.10. The maximum atomic E-state index is 6.03. The Balaban J connectivity index is 1.96. The zero-order valence-corrected chi connectivity index (χ0v) is 14.2. The lowest BCUT2D eigenvalue weighted by Gasteiger charge is -2.14. The molecule has 0 unspecified atom stereocenters. The van der Waals surface area contributed by atoms with Crippen molar-refractivity contribution in [2.45, 2.75) is 25.7 Å². The molecule has 2 N–H and O–H groups in total. The molecule has 0 aliphatic heterocycles. The molecule has 21 heavy (non-hydrogen) atoms. The molecule has 1 fully saturated rings. The van der Waals surface area contributed by atoms with Gasteiger partial charge in [0.05, 0.1) is 5.02 Å². The van der Waals surface area contributed by atoms with Gasteiger partial charge in [0.2, 0.25) is 0 Å². The number of aromatic nitrogens is 2. The molecule has 0 atom stereocenters. The van der Waals surface area contributed by atoms with E-state index in [9.17, 15) is 0 Å². The SMILES string of the molecule is CNc1nc(C2CC2)nc(Nc2ccc(Cl)c(Br)c2)c1C. The average molecular weight is 368 g/mol. The van der Waals surface area contributed by atoms with E-state index in [0.717, 1.165) is 33.2 Å². The highest BCUT2D eigenvalue weighted by atomic mass is 79.9. The normalized spacial score (nSPS) is 14.1. The molecular weight excluding hydrogens is 352 g/mol. The molecule has 1 saturated carbocycles. The molecule has 0 spiro atoms. The van der Waals surface area contributed by atoms with Crippen molar-refractivity contribution in [2.75, 3.05) is 17.7 Å². The summed E-state index contributed by atoms with van der Waals surface area (Å²) in [5.41, 5.74) is 1.95. The van der Waals surface area contributed by atoms with Gasteiger partial charge in [-0.1, -0.05) is 11.6 Å². The van der Waals surface area contributed by atoms with E-state index in [-0.39, 0.29) is 0 Å². The minimum absolute atomic E-state index is 0.509. The van der Waals surface area contributed by atoms with Crippen molar-refractivity contribution in [1.82, 2.24) is 9.97 Å². The van der Waals surface area contributed by atoms with Crippen LogP contribution in [0.4, 0.5) is 17.3 Å². The van der Waals surface area contributed by atoms with E-state index in [4.69, 9.17) is 11.6 Å². The van der Waals surface area contributed by atoms with Crippen molar-refractivity contribution in [2.24, 2.45) is 0 Å². The first-order chi connectivity index (χ1) is 10.1. The first-order valence-electron chi connectivity index (χ1n) is 6.87. The van der Waals surface area contributed by atoms with Gasteiger partial charge in [-0.3, -0.25) is 0 Å². The number of nitrogens with one attached hydrogen (secondary N) is 2. The van der Waals surface area contributed by atoms with E-state index < -0.39 is 0 Å². The molecule has 0 saturated heterocycles. The fourth-order valence-electron chi connectivity index (χ4n) is 2.13. The quantitative estimate of drug-likeness (QED) is 0.810. The Morgan fingerprint density at radius 1 is 1.24 bits per heavy atom. The first kappa shape index (κ1) is 14.6. The Hall–Kier alpha value is -1.33. The van der Waals surface area contributed by atoms with Crippen molar-refractivity contribution in [1.29, 1.82) is 0 Å². The minimum atomic E-state index is 0.509. The van der Waals surface area contributed by atoms with Crippen LogP contribution in [0, 0.1) is 6.92 Å². The molecule has 6 heteroatoms. The molecule has 3 rings (SSSR count). The highest BCUT2D eigenvalue weighted by Crippen LogP contribution is 2.40. The zero-order valence-electron chi connectivity index (χ0n) is 11.9. The predicted molar refractivity (Wildman–Crippen MR) is 90.7 cm³/mol. The van der Waals surface area contributed by atoms with E-state index in [1.807, 2.05) is 32.2 Å². The largest absolute Gasteiger partial charge is 0.373 e. The first-order valence-corrected chi connectivity index (χ1v) is 8.04. The molecule has 1 aliphatic rings. The Labute approximate surface area is 137 Å². The van der Waals surface area contributed by atoms with Crippen LogP contribution in [0.1, 0.15) is 30.1 Å². The molecule has 110 valence electrons. The summed E-state index contributed by atoms with van der Waals surface area (Å²) in [6.45, 7) is 2.01. The summed E-state index contributed by atoms with van der Waals surface area (Å²) in [6, 6.07) is 5.73. The van der Waals surface area contributed by atoms with Gasteiger partial charge in [0.15, 0.2) is 0 Å². The Morgan fingerprint density at radius 3 is 2.57 bits per heavy atom. The second kappa shape index (κ2) is 5.81. The molecule has 1 heterocycles. The van der Waals surface area contributed by atoms with Gasteiger partial charge in [-0.15, -0.1) is 0 Å². The van der Waals surface area contributed by atoms with Gasteiger partial charge in [0, 0.05) is 28.7 Å². The number of rotatable bonds is 4. The molecule has 0 amide bonds. The number of halogens is 2. The number of hydrogen-bond acceptors (Lipinski definition) is 4. The number of hydrogen-bond donors (Lipinski definition) is 2. The van der Waals surface area contributed by atoms with Crippen molar-refractivity contribution < 1.29 is 0 Å². The molecule has 0 radical (unpaired) electrons. The fourth-order valence-corrected chi connectivity index (χ4v) is 2.63. The molecule has 0 bridgehead atoms. The smallest absolute Gasteiger partial charge is 0.139 e. The summed E-state index contributed by atoms with van der Waals surface area (Å²) in [6.07, 6.45) is 2.36. The zero-order chi connectivity index (χ0) is 15.0. The predicted octanol–water partition coefficient (Wildman–Crippen LogP) is 4.86. The maximum absolute atomic E-state index is 6.03.